The Labute approximate surface area is 418 Å². The molecule has 2 nitrogen and oxygen atoms in total. The predicted molar refractivity (Wildman–Crippen MR) is 293 cm³/mol. The van der Waals surface area contributed by atoms with Gasteiger partial charge in [-0.05, 0) is 234 Å². The molecule has 1 aromatic heterocycles. The van der Waals surface area contributed by atoms with E-state index in [0.717, 1.165) is 52.6 Å². The second-order valence-corrected chi connectivity index (χ2v) is 24.5. The molecular formula is C69H60N2. The fraction of sp³-hybridized carbons (Fsp3) is 0.304. The van der Waals surface area contributed by atoms with Gasteiger partial charge < -0.3 is 9.47 Å². The van der Waals surface area contributed by atoms with Crippen molar-refractivity contribution in [3.05, 3.63) is 193 Å². The van der Waals surface area contributed by atoms with Gasteiger partial charge in [0.1, 0.15) is 0 Å². The van der Waals surface area contributed by atoms with Crippen LogP contribution in [-0.4, -0.2) is 4.57 Å². The van der Waals surface area contributed by atoms with Gasteiger partial charge in [-0.15, -0.1) is 0 Å². The summed E-state index contributed by atoms with van der Waals surface area (Å²) < 4.78 is 2.47. The summed E-state index contributed by atoms with van der Waals surface area (Å²) in [7, 11) is 0. The highest BCUT2D eigenvalue weighted by Crippen LogP contribution is 2.81. The molecule has 5 unspecified atom stereocenters. The quantitative estimate of drug-likeness (QED) is 0.161. The van der Waals surface area contributed by atoms with Crippen LogP contribution < -0.4 is 4.90 Å². The van der Waals surface area contributed by atoms with E-state index >= 15 is 0 Å². The van der Waals surface area contributed by atoms with Gasteiger partial charge in [-0.3, -0.25) is 0 Å². The van der Waals surface area contributed by atoms with Crippen molar-refractivity contribution in [3.8, 4) is 50.2 Å². The molecule has 1 spiro atoms. The molecule has 0 saturated heterocycles. The van der Waals surface area contributed by atoms with Gasteiger partial charge in [0.05, 0.1) is 16.7 Å². The van der Waals surface area contributed by atoms with Crippen LogP contribution in [0.25, 0.3) is 72.0 Å². The fourth-order valence-electron chi connectivity index (χ4n) is 19.1. The maximum atomic E-state index is 2.76. The Hall–Kier alpha value is -6.64. The molecule has 0 radical (unpaired) electrons. The van der Waals surface area contributed by atoms with E-state index in [1.165, 1.54) is 149 Å². The highest BCUT2D eigenvalue weighted by atomic mass is 15.1. The smallest absolute Gasteiger partial charge is 0.0546 e. The maximum absolute atomic E-state index is 2.76. The summed E-state index contributed by atoms with van der Waals surface area (Å²) in [6, 6.07) is 71.0. The van der Waals surface area contributed by atoms with Crippen molar-refractivity contribution in [2.75, 3.05) is 4.90 Å². The topological polar surface area (TPSA) is 8.17 Å². The van der Waals surface area contributed by atoms with Gasteiger partial charge in [-0.2, -0.15) is 0 Å². The van der Waals surface area contributed by atoms with Crippen molar-refractivity contribution in [1.82, 2.24) is 4.57 Å². The molecule has 8 fully saturated rings. The molecule has 8 aromatic carbocycles. The summed E-state index contributed by atoms with van der Waals surface area (Å²) in [6.07, 6.45) is 17.2. The SMILES string of the molecule is c1ccc(N(c2cccc(-n3c4ccccc4c4ccccc43)c2)c2cccc3c2-c2ccccc2-c2cc(C45CC6CC(CC(C6)C4)C5)ccc2-c2ccc(C45CC6CC7CC(C4)C5(C7)C6)cc2-3)cc1. The van der Waals surface area contributed by atoms with Crippen LogP contribution in [0.4, 0.5) is 17.1 Å². The van der Waals surface area contributed by atoms with Crippen molar-refractivity contribution in [3.63, 3.8) is 0 Å². The number of rotatable bonds is 6. The van der Waals surface area contributed by atoms with Crippen LogP contribution in [0, 0.1) is 40.9 Å². The Morgan fingerprint density at radius 3 is 1.70 bits per heavy atom. The van der Waals surface area contributed by atoms with Gasteiger partial charge in [0.25, 0.3) is 0 Å². The first-order chi connectivity index (χ1) is 35.0. The van der Waals surface area contributed by atoms with Crippen molar-refractivity contribution in [2.24, 2.45) is 40.9 Å². The van der Waals surface area contributed by atoms with Gasteiger partial charge >= 0.3 is 0 Å². The van der Waals surface area contributed by atoms with Crippen LogP contribution in [0.5, 0.6) is 0 Å². The van der Waals surface area contributed by atoms with E-state index in [1.54, 1.807) is 11.1 Å². The third-order valence-electron chi connectivity index (χ3n) is 21.1. The molecule has 1 heterocycles. The lowest BCUT2D eigenvalue weighted by molar-refractivity contribution is -0.0355. The molecular weight excluding hydrogens is 857 g/mol. The average Bonchev–Trinajstić information content (AvgIpc) is 3.91. The highest BCUT2D eigenvalue weighted by molar-refractivity contribution is 6.10. The summed E-state index contributed by atoms with van der Waals surface area (Å²) >= 11 is 0. The first kappa shape index (κ1) is 40.0. The lowest BCUT2D eigenvalue weighted by Gasteiger charge is -2.59. The zero-order valence-electron chi connectivity index (χ0n) is 40.7. The largest absolute Gasteiger partial charge is 0.310 e. The third-order valence-corrected chi connectivity index (χ3v) is 21.1. The van der Waals surface area contributed by atoms with Gasteiger partial charge in [-0.25, -0.2) is 0 Å². The fourth-order valence-corrected chi connectivity index (χ4v) is 19.1. The molecule has 7 bridgehead atoms. The molecule has 346 valence electrons. The van der Waals surface area contributed by atoms with Gasteiger partial charge in [0.2, 0.25) is 0 Å². The molecule has 71 heavy (non-hydrogen) atoms. The number of nitrogens with zero attached hydrogens (tertiary/aromatic N) is 2. The zero-order chi connectivity index (χ0) is 46.2. The highest BCUT2D eigenvalue weighted by Gasteiger charge is 2.74. The monoisotopic (exact) mass is 916 g/mol. The number of benzene rings is 8. The predicted octanol–water partition coefficient (Wildman–Crippen LogP) is 18.2. The van der Waals surface area contributed by atoms with E-state index in [4.69, 9.17) is 0 Å². The van der Waals surface area contributed by atoms with Crippen LogP contribution in [0.15, 0.2) is 182 Å². The summed E-state index contributed by atoms with van der Waals surface area (Å²) in [5, 5.41) is 2.56. The maximum Gasteiger partial charge on any atom is 0.0546 e. The first-order valence-corrected chi connectivity index (χ1v) is 27.5. The van der Waals surface area contributed by atoms with Crippen LogP contribution in [0.2, 0.25) is 0 Å². The number of aromatic nitrogens is 1. The van der Waals surface area contributed by atoms with Crippen molar-refractivity contribution < 1.29 is 0 Å². The normalized spacial score (nSPS) is 29.7. The van der Waals surface area contributed by atoms with Crippen molar-refractivity contribution in [2.45, 2.75) is 87.9 Å². The minimum Gasteiger partial charge on any atom is -0.310 e. The van der Waals surface area contributed by atoms with Crippen molar-refractivity contribution in [1.29, 1.82) is 0 Å². The lowest BCUT2D eigenvalue weighted by Crippen LogP contribution is -2.55. The van der Waals surface area contributed by atoms with E-state index in [1.807, 2.05) is 0 Å². The van der Waals surface area contributed by atoms with Crippen LogP contribution in [0.1, 0.15) is 88.2 Å². The molecule has 2 heteroatoms. The molecule has 9 aromatic rings. The van der Waals surface area contributed by atoms with E-state index in [0.29, 0.717) is 16.2 Å². The summed E-state index contributed by atoms with van der Waals surface area (Å²) in [5.74, 6) is 5.48. The summed E-state index contributed by atoms with van der Waals surface area (Å²) in [4.78, 5) is 2.57. The molecule has 18 rings (SSSR count). The minimum atomic E-state index is 0.307. The summed E-state index contributed by atoms with van der Waals surface area (Å²) in [6.45, 7) is 0. The third kappa shape index (κ3) is 5.39. The molecule has 8 saturated carbocycles. The van der Waals surface area contributed by atoms with E-state index in [-0.39, 0.29) is 0 Å². The van der Waals surface area contributed by atoms with Crippen LogP contribution in [-0.2, 0) is 10.8 Å². The summed E-state index contributed by atoms with van der Waals surface area (Å²) in [5.41, 5.74) is 22.5. The number of para-hydroxylation sites is 3. The lowest BCUT2D eigenvalue weighted by atomic mass is 9.44. The van der Waals surface area contributed by atoms with Crippen molar-refractivity contribution >= 4 is 38.9 Å². The molecule has 9 aliphatic carbocycles. The zero-order valence-corrected chi connectivity index (χ0v) is 40.7. The Balaban J connectivity index is 0.916. The molecule has 9 aliphatic rings. The second kappa shape index (κ2) is 14.3. The first-order valence-electron chi connectivity index (χ1n) is 27.5. The minimum absolute atomic E-state index is 0.307. The molecule has 0 N–H and O–H groups in total. The molecule has 0 amide bonds. The Bertz CT molecular complexity index is 3610. The van der Waals surface area contributed by atoms with E-state index in [9.17, 15) is 0 Å². The van der Waals surface area contributed by atoms with Gasteiger partial charge in [-0.1, -0.05) is 121 Å². The number of hydrogen-bond donors (Lipinski definition) is 0. The number of fused-ring (bicyclic) bond motifs is 13. The van der Waals surface area contributed by atoms with Crippen LogP contribution >= 0.6 is 0 Å². The Morgan fingerprint density at radius 1 is 0.380 bits per heavy atom. The Kier molecular flexibility index (Phi) is 8.05. The number of hydrogen-bond acceptors (Lipinski definition) is 1. The van der Waals surface area contributed by atoms with E-state index in [2.05, 4.69) is 191 Å². The van der Waals surface area contributed by atoms with Gasteiger partial charge in [0.15, 0.2) is 0 Å². The second-order valence-electron chi connectivity index (χ2n) is 24.5. The molecule has 0 aliphatic heterocycles. The van der Waals surface area contributed by atoms with Crippen LogP contribution in [0.3, 0.4) is 0 Å². The standard InChI is InChI=1S/C69H60N2/c1-2-12-51(13-3-1)70(52-14-10-15-53(35-52)71-63-21-8-6-17-57(63)58-18-7-9-22-64(58)71)65-23-11-20-60-62-34-49(69-41-47-31-46-32-50(42-69)68(69,39-46)40-47)25-27-56(62)55-26-24-48(33-61(55)54-16-4-5-19-59(54)66(60)65)67-36-43-28-44(37-67)30-45(29-43)38-67/h1-27,33-35,43-47,50H,28-32,36-42H2. The van der Waals surface area contributed by atoms with E-state index < -0.39 is 0 Å². The average molecular weight is 917 g/mol. The number of anilines is 3. The Morgan fingerprint density at radius 2 is 0.944 bits per heavy atom. The van der Waals surface area contributed by atoms with Gasteiger partial charge in [0, 0.05) is 38.8 Å². The molecule has 5 atom stereocenters.